The number of halogens is 3. The van der Waals surface area contributed by atoms with Crippen LogP contribution >= 0.6 is 47.8 Å². The summed E-state index contributed by atoms with van der Waals surface area (Å²) in [4.78, 5) is 25.3. The van der Waals surface area contributed by atoms with E-state index in [-0.39, 0.29) is 11.1 Å². The molecule has 4 rings (SSSR count). The molecule has 2 heterocycles. The highest BCUT2D eigenvalue weighted by Crippen LogP contribution is 2.40. The van der Waals surface area contributed by atoms with E-state index in [2.05, 4.69) is 68.2 Å². The van der Waals surface area contributed by atoms with Gasteiger partial charge in [0.1, 0.15) is 12.4 Å². The van der Waals surface area contributed by atoms with Gasteiger partial charge in [-0.05, 0) is 81.1 Å². The van der Waals surface area contributed by atoms with E-state index < -0.39 is 5.92 Å². The van der Waals surface area contributed by atoms with E-state index in [1.54, 1.807) is 13.8 Å². The molecule has 2 aromatic carbocycles. The van der Waals surface area contributed by atoms with E-state index in [1.165, 1.54) is 0 Å². The summed E-state index contributed by atoms with van der Waals surface area (Å²) in [6.07, 6.45) is 0. The Kier molecular flexibility index (Phi) is 6.64. The second-order valence-electron chi connectivity index (χ2n) is 7.40. The molecule has 0 aliphatic heterocycles. The van der Waals surface area contributed by atoms with Crippen molar-refractivity contribution in [3.63, 3.8) is 0 Å². The van der Waals surface area contributed by atoms with Gasteiger partial charge >= 0.3 is 0 Å². The molecule has 166 valence electrons. The van der Waals surface area contributed by atoms with E-state index >= 15 is 0 Å². The summed E-state index contributed by atoms with van der Waals surface area (Å²) in [5.41, 5.74) is 3.57. The van der Waals surface area contributed by atoms with E-state index in [0.29, 0.717) is 43.8 Å². The van der Waals surface area contributed by atoms with E-state index in [9.17, 15) is 9.59 Å². The molecule has 0 saturated heterocycles. The molecule has 0 radical (unpaired) electrons. The maximum atomic E-state index is 12.6. The SMILES string of the molecule is Cc1[nH][nH]c(=O)c1C(c1cc(Br)c(OCc2ccc(Br)cc2)c(Br)c1)c1c(C)[nH][nH]c1=O. The lowest BCUT2D eigenvalue weighted by Gasteiger charge is -2.19. The monoisotopic (exact) mass is 624 g/mol. The Labute approximate surface area is 208 Å². The van der Waals surface area contributed by atoms with Gasteiger partial charge in [0.05, 0.1) is 20.1 Å². The standard InChI is InChI=1S/C22H19Br3N4O3/c1-10-17(21(30)28-26-10)19(18-11(2)27-29-22(18)31)13-7-15(24)20(16(25)8-13)32-9-12-3-5-14(23)6-4-12/h3-8,19H,9H2,1-2H3,(H2,26,28,30)(H2,27,29,31). The van der Waals surface area contributed by atoms with Gasteiger partial charge in [-0.2, -0.15) is 0 Å². The minimum atomic E-state index is -0.576. The van der Waals surface area contributed by atoms with Gasteiger partial charge in [0.15, 0.2) is 0 Å². The molecule has 0 unspecified atom stereocenters. The maximum Gasteiger partial charge on any atom is 0.268 e. The number of aromatic nitrogens is 4. The Balaban J connectivity index is 1.77. The van der Waals surface area contributed by atoms with Crippen LogP contribution in [0.5, 0.6) is 5.75 Å². The maximum absolute atomic E-state index is 12.6. The lowest BCUT2D eigenvalue weighted by Crippen LogP contribution is -2.20. The van der Waals surface area contributed by atoms with Crippen molar-refractivity contribution in [2.45, 2.75) is 26.4 Å². The molecular formula is C22H19Br3N4O3. The lowest BCUT2D eigenvalue weighted by atomic mass is 9.85. The molecule has 10 heteroatoms. The van der Waals surface area contributed by atoms with Crippen molar-refractivity contribution in [1.82, 2.24) is 20.4 Å². The second-order valence-corrected chi connectivity index (χ2v) is 10.0. The van der Waals surface area contributed by atoms with Crippen LogP contribution in [-0.4, -0.2) is 20.4 Å². The molecule has 0 bridgehead atoms. The minimum Gasteiger partial charge on any atom is -0.487 e. The zero-order valence-electron chi connectivity index (χ0n) is 17.1. The van der Waals surface area contributed by atoms with Gasteiger partial charge < -0.3 is 14.9 Å². The summed E-state index contributed by atoms with van der Waals surface area (Å²) in [5.74, 6) is 0.0583. The Morgan fingerprint density at radius 1 is 0.812 bits per heavy atom. The normalized spacial score (nSPS) is 11.3. The highest BCUT2D eigenvalue weighted by atomic mass is 79.9. The molecule has 0 atom stereocenters. The number of aromatic amines is 4. The molecular weight excluding hydrogens is 608 g/mol. The fourth-order valence-corrected chi connectivity index (χ4v) is 5.42. The molecule has 2 aromatic heterocycles. The van der Waals surface area contributed by atoms with Gasteiger partial charge in [0.2, 0.25) is 0 Å². The number of H-pyrrole nitrogens is 4. The third-order valence-corrected chi connectivity index (χ3v) is 6.96. The van der Waals surface area contributed by atoms with E-state index in [4.69, 9.17) is 4.74 Å². The smallest absolute Gasteiger partial charge is 0.268 e. The number of hydrogen-bond acceptors (Lipinski definition) is 3. The van der Waals surface area contributed by atoms with Crippen molar-refractivity contribution < 1.29 is 4.74 Å². The van der Waals surface area contributed by atoms with Crippen molar-refractivity contribution in [1.29, 1.82) is 0 Å². The summed E-state index contributed by atoms with van der Waals surface area (Å²) in [7, 11) is 0. The zero-order valence-corrected chi connectivity index (χ0v) is 21.9. The van der Waals surface area contributed by atoms with Crippen molar-refractivity contribution in [2.24, 2.45) is 0 Å². The van der Waals surface area contributed by atoms with Crippen LogP contribution in [0, 0.1) is 13.8 Å². The molecule has 0 aliphatic carbocycles. The van der Waals surface area contributed by atoms with Crippen LogP contribution in [0.4, 0.5) is 0 Å². The van der Waals surface area contributed by atoms with Gasteiger partial charge in [-0.15, -0.1) is 0 Å². The molecule has 0 fully saturated rings. The third-order valence-electron chi connectivity index (χ3n) is 5.25. The third kappa shape index (κ3) is 4.44. The summed E-state index contributed by atoms with van der Waals surface area (Å²) >= 11 is 10.6. The first-order valence-corrected chi connectivity index (χ1v) is 12.0. The van der Waals surface area contributed by atoms with Crippen LogP contribution in [0.25, 0.3) is 0 Å². The first-order valence-electron chi connectivity index (χ1n) is 9.66. The molecule has 4 aromatic rings. The van der Waals surface area contributed by atoms with Gasteiger partial charge in [-0.25, -0.2) is 0 Å². The van der Waals surface area contributed by atoms with Crippen molar-refractivity contribution in [3.05, 3.63) is 104 Å². The van der Waals surface area contributed by atoms with Crippen molar-refractivity contribution in [3.8, 4) is 5.75 Å². The first-order chi connectivity index (χ1) is 15.3. The molecule has 0 aliphatic rings. The first kappa shape index (κ1) is 22.9. The molecule has 0 amide bonds. The van der Waals surface area contributed by atoms with Gasteiger partial charge in [0.25, 0.3) is 11.1 Å². The average Bonchev–Trinajstić information content (AvgIpc) is 3.25. The van der Waals surface area contributed by atoms with Crippen LogP contribution in [-0.2, 0) is 6.61 Å². The average molecular weight is 627 g/mol. The number of ether oxygens (including phenoxy) is 1. The Morgan fingerprint density at radius 3 is 1.75 bits per heavy atom. The molecule has 32 heavy (non-hydrogen) atoms. The Hall–Kier alpha value is -2.30. The predicted octanol–water partition coefficient (Wildman–Crippen LogP) is 5.38. The van der Waals surface area contributed by atoms with Crippen LogP contribution in [0.1, 0.15) is 39.6 Å². The molecule has 0 saturated carbocycles. The topological polar surface area (TPSA) is 107 Å². The largest absolute Gasteiger partial charge is 0.487 e. The number of rotatable bonds is 6. The highest BCUT2D eigenvalue weighted by molar-refractivity contribution is 9.11. The second kappa shape index (κ2) is 9.29. The fourth-order valence-electron chi connectivity index (χ4n) is 3.70. The summed E-state index contributed by atoms with van der Waals surface area (Å²) in [6, 6.07) is 11.7. The minimum absolute atomic E-state index is 0.268. The zero-order chi connectivity index (χ0) is 23.0. The summed E-state index contributed by atoms with van der Waals surface area (Å²) in [5, 5.41) is 11.0. The van der Waals surface area contributed by atoms with E-state index in [1.807, 2.05) is 36.4 Å². The highest BCUT2D eigenvalue weighted by Gasteiger charge is 2.29. The van der Waals surface area contributed by atoms with Crippen molar-refractivity contribution >= 4 is 47.8 Å². The van der Waals surface area contributed by atoms with Gasteiger partial charge in [-0.3, -0.25) is 19.8 Å². The quantitative estimate of drug-likeness (QED) is 0.231. The molecule has 0 spiro atoms. The van der Waals surface area contributed by atoms with Gasteiger partial charge in [0, 0.05) is 21.8 Å². The summed E-state index contributed by atoms with van der Waals surface area (Å²) < 4.78 is 8.46. The molecule has 4 N–H and O–H groups in total. The number of hydrogen-bond donors (Lipinski definition) is 4. The Morgan fingerprint density at radius 2 is 1.31 bits per heavy atom. The van der Waals surface area contributed by atoms with E-state index in [0.717, 1.165) is 15.6 Å². The van der Waals surface area contributed by atoms with Crippen LogP contribution in [0.2, 0.25) is 0 Å². The van der Waals surface area contributed by atoms with Crippen LogP contribution in [0.3, 0.4) is 0 Å². The number of benzene rings is 2. The van der Waals surface area contributed by atoms with Crippen LogP contribution in [0.15, 0.2) is 59.4 Å². The number of aryl methyl sites for hydroxylation is 2. The summed E-state index contributed by atoms with van der Waals surface area (Å²) in [6.45, 7) is 3.99. The molecule has 7 nitrogen and oxygen atoms in total. The lowest BCUT2D eigenvalue weighted by molar-refractivity contribution is 0.302. The predicted molar refractivity (Wildman–Crippen MR) is 134 cm³/mol. The number of nitrogens with one attached hydrogen (secondary N) is 4. The van der Waals surface area contributed by atoms with Crippen molar-refractivity contribution in [2.75, 3.05) is 0 Å². The van der Waals surface area contributed by atoms with Gasteiger partial charge in [-0.1, -0.05) is 28.1 Å². The fraction of sp³-hybridized carbons (Fsp3) is 0.182. The Bertz CT molecular complexity index is 1310. The van der Waals surface area contributed by atoms with Crippen LogP contribution < -0.4 is 15.9 Å².